The van der Waals surface area contributed by atoms with Gasteiger partial charge in [-0.15, -0.1) is 11.8 Å². The van der Waals surface area contributed by atoms with Gasteiger partial charge in [0.2, 0.25) is 5.91 Å². The highest BCUT2D eigenvalue weighted by Crippen LogP contribution is 2.38. The summed E-state index contributed by atoms with van der Waals surface area (Å²) in [6.07, 6.45) is 1.53. The summed E-state index contributed by atoms with van der Waals surface area (Å²) in [5, 5.41) is 0.0645. The molecule has 0 bridgehead atoms. The minimum absolute atomic E-state index is 0.0419. The van der Waals surface area contributed by atoms with Crippen molar-refractivity contribution in [2.45, 2.75) is 5.37 Å². The second-order valence-corrected chi connectivity index (χ2v) is 8.36. The molecule has 2 saturated heterocycles. The van der Waals surface area contributed by atoms with Gasteiger partial charge in [-0.3, -0.25) is 9.59 Å². The Bertz CT molecular complexity index is 832. The van der Waals surface area contributed by atoms with Crippen molar-refractivity contribution in [3.8, 4) is 5.75 Å². The average Bonchev–Trinajstić information content (AvgIpc) is 3.42. The van der Waals surface area contributed by atoms with Gasteiger partial charge >= 0.3 is 0 Å². The number of amides is 2. The van der Waals surface area contributed by atoms with E-state index in [4.69, 9.17) is 9.15 Å². The van der Waals surface area contributed by atoms with Crippen LogP contribution in [0, 0.1) is 0 Å². The molecular formula is C21H26N3O4S+. The molecule has 4 rings (SSSR count). The van der Waals surface area contributed by atoms with Crippen LogP contribution in [-0.2, 0) is 4.79 Å². The Morgan fingerprint density at radius 2 is 2.00 bits per heavy atom. The molecule has 2 aliphatic heterocycles. The molecular weight excluding hydrogens is 390 g/mol. The summed E-state index contributed by atoms with van der Waals surface area (Å²) < 4.78 is 10.4. The van der Waals surface area contributed by atoms with E-state index in [1.54, 1.807) is 31.0 Å². The number of ether oxygens (including phenoxy) is 1. The molecule has 2 amide bonds. The number of hydrogen-bond acceptors (Lipinski definition) is 5. The smallest absolute Gasteiger partial charge is 0.289 e. The molecule has 0 unspecified atom stereocenters. The van der Waals surface area contributed by atoms with Crippen LogP contribution in [-0.4, -0.2) is 73.7 Å². The van der Waals surface area contributed by atoms with Gasteiger partial charge < -0.3 is 23.9 Å². The van der Waals surface area contributed by atoms with Crippen LogP contribution in [0.4, 0.5) is 0 Å². The number of piperazine rings is 1. The molecule has 3 heterocycles. The van der Waals surface area contributed by atoms with Gasteiger partial charge in [-0.1, -0.05) is 12.1 Å². The molecule has 2 aliphatic rings. The molecule has 0 saturated carbocycles. The van der Waals surface area contributed by atoms with Crippen molar-refractivity contribution in [1.82, 2.24) is 9.80 Å². The minimum atomic E-state index is -0.0419. The van der Waals surface area contributed by atoms with E-state index in [0.717, 1.165) is 37.5 Å². The van der Waals surface area contributed by atoms with Gasteiger partial charge in [-0.25, -0.2) is 0 Å². The zero-order chi connectivity index (χ0) is 20.2. The molecule has 1 atom stereocenters. The SMILES string of the molecule is COc1ccc([C@H]2SCC(=O)N2CC[NH+]2CCN(C(=O)c3ccco3)CC2)cc1. The first-order valence-corrected chi connectivity index (χ1v) is 10.9. The highest BCUT2D eigenvalue weighted by Gasteiger charge is 2.34. The largest absolute Gasteiger partial charge is 0.497 e. The highest BCUT2D eigenvalue weighted by atomic mass is 32.2. The van der Waals surface area contributed by atoms with Crippen LogP contribution in [0.1, 0.15) is 21.5 Å². The number of rotatable bonds is 6. The van der Waals surface area contributed by atoms with Gasteiger partial charge in [0.25, 0.3) is 5.91 Å². The van der Waals surface area contributed by atoms with Gasteiger partial charge in [-0.2, -0.15) is 0 Å². The fourth-order valence-corrected chi connectivity index (χ4v) is 5.07. The molecule has 154 valence electrons. The quantitative estimate of drug-likeness (QED) is 0.758. The van der Waals surface area contributed by atoms with Crippen LogP contribution in [0.25, 0.3) is 0 Å². The lowest BCUT2D eigenvalue weighted by Gasteiger charge is -2.33. The third-order valence-corrected chi connectivity index (χ3v) is 6.82. The van der Waals surface area contributed by atoms with Crippen molar-refractivity contribution >= 4 is 23.6 Å². The summed E-state index contributed by atoms with van der Waals surface area (Å²) in [5.74, 6) is 1.90. The summed E-state index contributed by atoms with van der Waals surface area (Å²) >= 11 is 1.68. The van der Waals surface area contributed by atoms with Crippen molar-refractivity contribution in [2.75, 3.05) is 52.1 Å². The fourth-order valence-electron chi connectivity index (χ4n) is 3.85. The first-order chi connectivity index (χ1) is 14.2. The molecule has 29 heavy (non-hydrogen) atoms. The Morgan fingerprint density at radius 3 is 2.66 bits per heavy atom. The predicted octanol–water partition coefficient (Wildman–Crippen LogP) is 0.903. The molecule has 0 radical (unpaired) electrons. The lowest BCUT2D eigenvalue weighted by Crippen LogP contribution is -3.15. The van der Waals surface area contributed by atoms with E-state index in [1.807, 2.05) is 34.1 Å². The van der Waals surface area contributed by atoms with Gasteiger partial charge in [0.05, 0.1) is 58.4 Å². The van der Waals surface area contributed by atoms with Crippen LogP contribution in [0.5, 0.6) is 5.75 Å². The van der Waals surface area contributed by atoms with Gasteiger partial charge in [-0.05, 0) is 29.8 Å². The van der Waals surface area contributed by atoms with Crippen molar-refractivity contribution in [3.63, 3.8) is 0 Å². The number of furan rings is 1. The number of thioether (sulfide) groups is 1. The zero-order valence-corrected chi connectivity index (χ0v) is 17.3. The second-order valence-electron chi connectivity index (χ2n) is 7.29. The number of carbonyl (C=O) groups is 2. The van der Waals surface area contributed by atoms with Crippen molar-refractivity contribution in [3.05, 3.63) is 54.0 Å². The van der Waals surface area contributed by atoms with E-state index in [-0.39, 0.29) is 17.2 Å². The van der Waals surface area contributed by atoms with Crippen LogP contribution in [0.3, 0.4) is 0 Å². The second kappa shape index (κ2) is 8.92. The number of methoxy groups -OCH3 is 1. The van der Waals surface area contributed by atoms with E-state index in [2.05, 4.69) is 0 Å². The number of hydrogen-bond donors (Lipinski definition) is 1. The third kappa shape index (κ3) is 4.43. The lowest BCUT2D eigenvalue weighted by molar-refractivity contribution is -0.903. The molecule has 8 heteroatoms. The van der Waals surface area contributed by atoms with Crippen LogP contribution < -0.4 is 9.64 Å². The van der Waals surface area contributed by atoms with E-state index in [1.165, 1.54) is 11.2 Å². The molecule has 1 aromatic heterocycles. The van der Waals surface area contributed by atoms with Crippen molar-refractivity contribution in [2.24, 2.45) is 0 Å². The maximum absolute atomic E-state index is 12.4. The normalized spacial score (nSPS) is 20.3. The molecule has 2 aromatic rings. The fraction of sp³-hybridized carbons (Fsp3) is 0.429. The summed E-state index contributed by atoms with van der Waals surface area (Å²) in [4.78, 5) is 30.1. The highest BCUT2D eigenvalue weighted by molar-refractivity contribution is 8.00. The van der Waals surface area contributed by atoms with Gasteiger partial charge in [0.1, 0.15) is 11.1 Å². The van der Waals surface area contributed by atoms with Crippen LogP contribution in [0.15, 0.2) is 47.1 Å². The number of nitrogens with one attached hydrogen (secondary N) is 1. The van der Waals surface area contributed by atoms with Crippen LogP contribution in [0.2, 0.25) is 0 Å². The Balaban J connectivity index is 1.30. The average molecular weight is 417 g/mol. The predicted molar refractivity (Wildman–Crippen MR) is 110 cm³/mol. The topological polar surface area (TPSA) is 67.4 Å². The van der Waals surface area contributed by atoms with Gasteiger partial charge in [0.15, 0.2) is 5.76 Å². The molecule has 2 fully saturated rings. The molecule has 1 aromatic carbocycles. The molecule has 0 aliphatic carbocycles. The van der Waals surface area contributed by atoms with Crippen LogP contribution >= 0.6 is 11.8 Å². The van der Waals surface area contributed by atoms with E-state index >= 15 is 0 Å². The number of quaternary nitrogens is 1. The van der Waals surface area contributed by atoms with E-state index in [0.29, 0.717) is 24.6 Å². The number of carbonyl (C=O) groups excluding carboxylic acids is 2. The van der Waals surface area contributed by atoms with Gasteiger partial charge in [0, 0.05) is 0 Å². The molecule has 0 spiro atoms. The summed E-state index contributed by atoms with van der Waals surface area (Å²) in [5.41, 5.74) is 1.13. The first kappa shape index (κ1) is 19.8. The number of nitrogens with zero attached hydrogens (tertiary/aromatic N) is 2. The maximum Gasteiger partial charge on any atom is 0.289 e. The maximum atomic E-state index is 12.4. The van der Waals surface area contributed by atoms with E-state index in [9.17, 15) is 9.59 Å². The molecule has 7 nitrogen and oxygen atoms in total. The summed E-state index contributed by atoms with van der Waals surface area (Å²) in [6.45, 7) is 4.80. The van der Waals surface area contributed by atoms with Crippen molar-refractivity contribution < 1.29 is 23.6 Å². The summed E-state index contributed by atoms with van der Waals surface area (Å²) in [6, 6.07) is 11.4. The Hall–Kier alpha value is -2.45. The lowest BCUT2D eigenvalue weighted by atomic mass is 10.2. The zero-order valence-electron chi connectivity index (χ0n) is 16.5. The number of benzene rings is 1. The standard InChI is InChI=1S/C21H25N3O4S/c1-27-17-6-4-16(5-7-17)21-24(19(25)15-29-21)13-10-22-8-11-23(12-9-22)20(26)18-3-2-14-28-18/h2-7,14,21H,8-13,15H2,1H3/p+1/t21-/m1/s1. The first-order valence-electron chi connectivity index (χ1n) is 9.87. The Labute approximate surface area is 174 Å². The third-order valence-electron chi connectivity index (χ3n) is 5.57. The summed E-state index contributed by atoms with van der Waals surface area (Å²) in [7, 11) is 1.65. The minimum Gasteiger partial charge on any atom is -0.497 e. The molecule has 1 N–H and O–H groups in total. The Kier molecular flexibility index (Phi) is 6.10. The van der Waals surface area contributed by atoms with Crippen molar-refractivity contribution in [1.29, 1.82) is 0 Å². The Morgan fingerprint density at radius 1 is 1.24 bits per heavy atom. The monoisotopic (exact) mass is 416 g/mol. The van der Waals surface area contributed by atoms with E-state index < -0.39 is 0 Å².